The molecule has 1 aromatic rings. The van der Waals surface area contributed by atoms with E-state index in [0.29, 0.717) is 12.8 Å². The molecule has 0 spiro atoms. The number of hydroxylamine groups is 1. The molecule has 20 heavy (non-hydrogen) atoms. The first-order valence-electron chi connectivity index (χ1n) is 6.45. The predicted molar refractivity (Wildman–Crippen MR) is 78.3 cm³/mol. The zero-order valence-corrected chi connectivity index (χ0v) is 11.5. The Kier molecular flexibility index (Phi) is 6.82. The van der Waals surface area contributed by atoms with Crippen LogP contribution in [-0.4, -0.2) is 11.9 Å². The number of hydrogen-bond acceptors (Lipinski definition) is 3. The van der Waals surface area contributed by atoms with Gasteiger partial charge in [0.1, 0.15) is 0 Å². The molecule has 4 heteroatoms. The molecule has 4 nitrogen and oxygen atoms in total. The molecular formula is C16H19NO3. The number of carbonyl (C=O) groups is 2. The SMILES string of the molecule is C=CCCC(/C=C/c1ccccc1)C(=O)NOC(C)=O. The van der Waals surface area contributed by atoms with Gasteiger partial charge in [0.25, 0.3) is 5.91 Å². The van der Waals surface area contributed by atoms with E-state index in [1.165, 1.54) is 6.92 Å². The Bertz CT molecular complexity index is 480. The number of allylic oxidation sites excluding steroid dienone is 1. The van der Waals surface area contributed by atoms with Crippen molar-refractivity contribution in [2.24, 2.45) is 5.92 Å². The fourth-order valence-electron chi connectivity index (χ4n) is 1.60. The van der Waals surface area contributed by atoms with E-state index in [2.05, 4.69) is 16.9 Å². The van der Waals surface area contributed by atoms with Crippen molar-refractivity contribution in [3.05, 3.63) is 54.6 Å². The molecule has 0 bridgehead atoms. The average molecular weight is 273 g/mol. The van der Waals surface area contributed by atoms with Crippen molar-refractivity contribution in [3.63, 3.8) is 0 Å². The fraction of sp³-hybridized carbons (Fsp3) is 0.250. The molecule has 0 aliphatic heterocycles. The Balaban J connectivity index is 2.68. The van der Waals surface area contributed by atoms with Gasteiger partial charge in [-0.2, -0.15) is 5.48 Å². The largest absolute Gasteiger partial charge is 0.341 e. The van der Waals surface area contributed by atoms with Crippen LogP contribution in [0.15, 0.2) is 49.1 Å². The van der Waals surface area contributed by atoms with Crippen LogP contribution in [0.3, 0.4) is 0 Å². The third-order valence-electron chi connectivity index (χ3n) is 2.63. The summed E-state index contributed by atoms with van der Waals surface area (Å²) in [5.41, 5.74) is 3.16. The van der Waals surface area contributed by atoms with Crippen LogP contribution in [0.2, 0.25) is 0 Å². The Hall–Kier alpha value is -2.36. The molecule has 1 amide bonds. The average Bonchev–Trinajstić information content (AvgIpc) is 2.46. The summed E-state index contributed by atoms with van der Waals surface area (Å²) in [4.78, 5) is 27.1. The summed E-state index contributed by atoms with van der Waals surface area (Å²) in [6, 6.07) is 9.69. The number of benzene rings is 1. The Labute approximate surface area is 119 Å². The van der Waals surface area contributed by atoms with Crippen LogP contribution in [0, 0.1) is 5.92 Å². The van der Waals surface area contributed by atoms with Crippen molar-refractivity contribution >= 4 is 18.0 Å². The summed E-state index contributed by atoms with van der Waals surface area (Å²) in [5.74, 6) is -1.25. The van der Waals surface area contributed by atoms with Crippen molar-refractivity contribution in [1.29, 1.82) is 0 Å². The molecule has 0 radical (unpaired) electrons. The van der Waals surface area contributed by atoms with Crippen LogP contribution in [0.1, 0.15) is 25.3 Å². The van der Waals surface area contributed by atoms with Gasteiger partial charge in [-0.15, -0.1) is 6.58 Å². The van der Waals surface area contributed by atoms with Crippen LogP contribution in [0.5, 0.6) is 0 Å². The van der Waals surface area contributed by atoms with Crippen LogP contribution >= 0.6 is 0 Å². The van der Waals surface area contributed by atoms with Gasteiger partial charge in [0.15, 0.2) is 0 Å². The zero-order chi connectivity index (χ0) is 14.8. The molecule has 0 saturated carbocycles. The van der Waals surface area contributed by atoms with Crippen molar-refractivity contribution in [2.75, 3.05) is 0 Å². The number of amides is 1. The highest BCUT2D eigenvalue weighted by Crippen LogP contribution is 2.12. The molecular weight excluding hydrogens is 254 g/mol. The molecule has 0 saturated heterocycles. The van der Waals surface area contributed by atoms with E-state index >= 15 is 0 Å². The van der Waals surface area contributed by atoms with Gasteiger partial charge < -0.3 is 4.84 Å². The lowest BCUT2D eigenvalue weighted by molar-refractivity contribution is -0.157. The lowest BCUT2D eigenvalue weighted by atomic mass is 10.0. The molecule has 0 aliphatic rings. The molecule has 0 aromatic heterocycles. The number of rotatable bonds is 6. The topological polar surface area (TPSA) is 55.4 Å². The summed E-state index contributed by atoms with van der Waals surface area (Å²) in [6.07, 6.45) is 6.75. The Morgan fingerprint density at radius 2 is 2.05 bits per heavy atom. The fourth-order valence-corrected chi connectivity index (χ4v) is 1.60. The minimum Gasteiger partial charge on any atom is -0.341 e. The molecule has 1 unspecified atom stereocenters. The number of nitrogens with one attached hydrogen (secondary N) is 1. The normalized spacial score (nSPS) is 11.8. The summed E-state index contributed by atoms with van der Waals surface area (Å²) in [6.45, 7) is 4.88. The summed E-state index contributed by atoms with van der Waals surface area (Å²) < 4.78 is 0. The molecule has 1 rings (SSSR count). The van der Waals surface area contributed by atoms with Crippen molar-refractivity contribution in [2.45, 2.75) is 19.8 Å². The van der Waals surface area contributed by atoms with Crippen molar-refractivity contribution in [3.8, 4) is 0 Å². The van der Waals surface area contributed by atoms with Crippen molar-refractivity contribution < 1.29 is 14.4 Å². The first-order chi connectivity index (χ1) is 9.63. The van der Waals surface area contributed by atoms with E-state index in [0.717, 1.165) is 5.56 Å². The van der Waals surface area contributed by atoms with Crippen LogP contribution in [-0.2, 0) is 14.4 Å². The molecule has 1 atom stereocenters. The van der Waals surface area contributed by atoms with Gasteiger partial charge in [-0.25, -0.2) is 0 Å². The van der Waals surface area contributed by atoms with E-state index in [1.807, 2.05) is 36.4 Å². The maximum Gasteiger partial charge on any atom is 0.329 e. The van der Waals surface area contributed by atoms with Gasteiger partial charge in [-0.1, -0.05) is 48.6 Å². The van der Waals surface area contributed by atoms with Crippen molar-refractivity contribution in [1.82, 2.24) is 5.48 Å². The van der Waals surface area contributed by atoms with Gasteiger partial charge in [0.05, 0.1) is 5.92 Å². The van der Waals surface area contributed by atoms with E-state index in [9.17, 15) is 9.59 Å². The van der Waals surface area contributed by atoms with Crippen LogP contribution in [0.25, 0.3) is 6.08 Å². The highest BCUT2D eigenvalue weighted by Gasteiger charge is 2.15. The van der Waals surface area contributed by atoms with E-state index in [-0.39, 0.29) is 11.8 Å². The molecule has 1 N–H and O–H groups in total. The third kappa shape index (κ3) is 6.00. The molecule has 0 fully saturated rings. The minimum absolute atomic E-state index is 0.339. The van der Waals surface area contributed by atoms with Gasteiger partial charge in [-0.3, -0.25) is 9.59 Å². The van der Waals surface area contributed by atoms with Gasteiger partial charge in [0.2, 0.25) is 0 Å². The Morgan fingerprint density at radius 1 is 1.35 bits per heavy atom. The summed E-state index contributed by atoms with van der Waals surface area (Å²) in [5, 5.41) is 0. The lowest BCUT2D eigenvalue weighted by Crippen LogP contribution is -2.31. The standard InChI is InChI=1S/C16H19NO3/c1-3-4-10-15(16(19)17-20-13(2)18)12-11-14-8-6-5-7-9-14/h3,5-9,11-12,15H,1,4,10H2,2H3,(H,17,19)/b12-11+. The minimum atomic E-state index is -0.548. The molecule has 0 aliphatic carbocycles. The third-order valence-corrected chi connectivity index (χ3v) is 2.63. The summed E-state index contributed by atoms with van der Waals surface area (Å²) in [7, 11) is 0. The van der Waals surface area contributed by atoms with E-state index in [4.69, 9.17) is 0 Å². The Morgan fingerprint density at radius 3 is 2.65 bits per heavy atom. The number of carbonyl (C=O) groups excluding carboxylic acids is 2. The second-order valence-corrected chi connectivity index (χ2v) is 4.30. The molecule has 106 valence electrons. The predicted octanol–water partition coefficient (Wildman–Crippen LogP) is 2.88. The quantitative estimate of drug-likeness (QED) is 0.640. The maximum atomic E-state index is 11.9. The smallest absolute Gasteiger partial charge is 0.329 e. The molecule has 0 heterocycles. The maximum absolute atomic E-state index is 11.9. The van der Waals surface area contributed by atoms with Crippen LogP contribution < -0.4 is 5.48 Å². The number of hydrogen-bond donors (Lipinski definition) is 1. The first-order valence-corrected chi connectivity index (χ1v) is 6.45. The second kappa shape index (κ2) is 8.69. The second-order valence-electron chi connectivity index (χ2n) is 4.30. The first kappa shape index (κ1) is 15.7. The lowest BCUT2D eigenvalue weighted by Gasteiger charge is -2.11. The van der Waals surface area contributed by atoms with E-state index < -0.39 is 5.97 Å². The van der Waals surface area contributed by atoms with E-state index in [1.54, 1.807) is 12.2 Å². The van der Waals surface area contributed by atoms with Crippen LogP contribution in [0.4, 0.5) is 0 Å². The molecule has 1 aromatic carbocycles. The van der Waals surface area contributed by atoms with Gasteiger partial charge >= 0.3 is 5.97 Å². The summed E-state index contributed by atoms with van der Waals surface area (Å²) >= 11 is 0. The van der Waals surface area contributed by atoms with Gasteiger partial charge in [0, 0.05) is 6.92 Å². The monoisotopic (exact) mass is 273 g/mol. The van der Waals surface area contributed by atoms with Gasteiger partial charge in [-0.05, 0) is 18.4 Å². The highest BCUT2D eigenvalue weighted by molar-refractivity contribution is 5.82. The zero-order valence-electron chi connectivity index (χ0n) is 11.5. The highest BCUT2D eigenvalue weighted by atomic mass is 16.7.